The summed E-state index contributed by atoms with van der Waals surface area (Å²) in [5, 5.41) is 4.33. The second kappa shape index (κ2) is 9.72. The zero-order valence-electron chi connectivity index (χ0n) is 18.5. The Morgan fingerprint density at radius 2 is 1.79 bits per heavy atom. The topological polar surface area (TPSA) is 76.9 Å². The molecule has 2 heterocycles. The molecule has 1 saturated heterocycles. The van der Waals surface area contributed by atoms with Crippen LogP contribution in [0, 0.1) is 5.82 Å². The van der Waals surface area contributed by atoms with Crippen molar-refractivity contribution in [3.05, 3.63) is 70.8 Å². The first kappa shape index (κ1) is 22.3. The van der Waals surface area contributed by atoms with Gasteiger partial charge in [-0.25, -0.2) is 9.07 Å². The van der Waals surface area contributed by atoms with Gasteiger partial charge in [-0.2, -0.15) is 5.10 Å². The Bertz CT molecular complexity index is 1210. The fourth-order valence-electron chi connectivity index (χ4n) is 3.83. The fourth-order valence-corrected chi connectivity index (χ4v) is 3.83. The molecule has 1 aliphatic rings. The predicted molar refractivity (Wildman–Crippen MR) is 122 cm³/mol. The number of halogens is 1. The van der Waals surface area contributed by atoms with Gasteiger partial charge in [0.15, 0.2) is 0 Å². The normalized spacial score (nSPS) is 13.7. The van der Waals surface area contributed by atoms with Gasteiger partial charge in [0.2, 0.25) is 5.91 Å². The molecular formula is C24H25FN4O4. The van der Waals surface area contributed by atoms with Crippen LogP contribution in [0.15, 0.2) is 59.4 Å². The molecule has 4 rings (SSSR count). The number of hydrogen-bond acceptors (Lipinski definition) is 6. The molecule has 172 valence electrons. The first-order valence-electron chi connectivity index (χ1n) is 10.6. The van der Waals surface area contributed by atoms with Crippen molar-refractivity contribution in [1.82, 2.24) is 14.7 Å². The molecule has 2 aromatic carbocycles. The summed E-state index contributed by atoms with van der Waals surface area (Å²) in [5.41, 5.74) is 1.61. The molecular weight excluding hydrogens is 427 g/mol. The first-order chi connectivity index (χ1) is 16.0. The van der Waals surface area contributed by atoms with E-state index in [1.54, 1.807) is 12.0 Å². The van der Waals surface area contributed by atoms with Gasteiger partial charge in [-0.05, 0) is 30.3 Å². The van der Waals surface area contributed by atoms with Crippen LogP contribution in [0.3, 0.4) is 0 Å². The van der Waals surface area contributed by atoms with Crippen molar-refractivity contribution in [2.75, 3.05) is 45.3 Å². The molecule has 0 saturated carbocycles. The van der Waals surface area contributed by atoms with E-state index in [1.165, 1.54) is 37.4 Å². The van der Waals surface area contributed by atoms with E-state index in [0.717, 1.165) is 16.1 Å². The third-order valence-electron chi connectivity index (χ3n) is 5.64. The van der Waals surface area contributed by atoms with Gasteiger partial charge in [0, 0.05) is 55.6 Å². The Morgan fingerprint density at radius 3 is 2.52 bits per heavy atom. The van der Waals surface area contributed by atoms with E-state index in [-0.39, 0.29) is 18.0 Å². The van der Waals surface area contributed by atoms with Gasteiger partial charge >= 0.3 is 0 Å². The quantitative estimate of drug-likeness (QED) is 0.572. The number of methoxy groups -OCH3 is 2. The van der Waals surface area contributed by atoms with Crippen molar-refractivity contribution >= 4 is 11.6 Å². The average Bonchev–Trinajstić information content (AvgIpc) is 2.85. The summed E-state index contributed by atoms with van der Waals surface area (Å²) < 4.78 is 25.2. The van der Waals surface area contributed by atoms with Crippen LogP contribution in [0.25, 0.3) is 11.3 Å². The maximum atomic E-state index is 13.5. The lowest BCUT2D eigenvalue weighted by Gasteiger charge is -2.36. The lowest BCUT2D eigenvalue weighted by Crippen LogP contribution is -2.50. The number of ether oxygens (including phenoxy) is 2. The van der Waals surface area contributed by atoms with Crippen molar-refractivity contribution in [2.45, 2.75) is 6.54 Å². The number of hydrogen-bond donors (Lipinski definition) is 0. The number of carbonyl (C=O) groups excluding carboxylic acids is 1. The number of amides is 1. The zero-order valence-corrected chi connectivity index (χ0v) is 18.5. The Labute approximate surface area is 190 Å². The summed E-state index contributed by atoms with van der Waals surface area (Å²) in [5.74, 6) is 0.465. The molecule has 8 nitrogen and oxygen atoms in total. The van der Waals surface area contributed by atoms with Gasteiger partial charge in [-0.1, -0.05) is 6.07 Å². The lowest BCUT2D eigenvalue weighted by atomic mass is 10.1. The minimum atomic E-state index is -0.438. The largest absolute Gasteiger partial charge is 0.497 e. The predicted octanol–water partition coefficient (Wildman–Crippen LogP) is 2.42. The SMILES string of the molecule is COc1cccc(N2CCN(C(=O)Cn3nc(-c4ccc(F)cc4OC)ccc3=O)CC2)c1. The molecule has 0 spiro atoms. The second-order valence-electron chi connectivity index (χ2n) is 7.63. The number of rotatable bonds is 6. The Kier molecular flexibility index (Phi) is 6.58. The van der Waals surface area contributed by atoms with Crippen LogP contribution in [-0.2, 0) is 11.3 Å². The molecule has 0 atom stereocenters. The number of nitrogens with zero attached hydrogens (tertiary/aromatic N) is 4. The number of aromatic nitrogens is 2. The average molecular weight is 452 g/mol. The maximum absolute atomic E-state index is 13.5. The van der Waals surface area contributed by atoms with Gasteiger partial charge in [0.1, 0.15) is 23.9 Å². The summed E-state index contributed by atoms with van der Waals surface area (Å²) in [4.78, 5) is 29.2. The van der Waals surface area contributed by atoms with Gasteiger partial charge < -0.3 is 19.3 Å². The molecule has 0 bridgehead atoms. The standard InChI is InChI=1S/C24H25FN4O4/c1-32-19-5-3-4-18(15-19)27-10-12-28(13-11-27)24(31)16-29-23(30)9-8-21(26-29)20-7-6-17(25)14-22(20)33-2/h3-9,14-15H,10-13,16H2,1-2H3. The Morgan fingerprint density at radius 1 is 1.00 bits per heavy atom. The number of anilines is 1. The molecule has 1 aliphatic heterocycles. The fraction of sp³-hybridized carbons (Fsp3) is 0.292. The first-order valence-corrected chi connectivity index (χ1v) is 10.6. The van der Waals surface area contributed by atoms with E-state index in [4.69, 9.17) is 9.47 Å². The monoisotopic (exact) mass is 452 g/mol. The van der Waals surface area contributed by atoms with E-state index in [0.29, 0.717) is 43.2 Å². The highest BCUT2D eigenvalue weighted by molar-refractivity contribution is 5.76. The van der Waals surface area contributed by atoms with Crippen LogP contribution in [-0.4, -0.2) is 61.0 Å². The van der Waals surface area contributed by atoms with Crippen molar-refractivity contribution in [3.8, 4) is 22.8 Å². The Balaban J connectivity index is 1.45. The van der Waals surface area contributed by atoms with Crippen LogP contribution in [0.1, 0.15) is 0 Å². The lowest BCUT2D eigenvalue weighted by molar-refractivity contribution is -0.132. The molecule has 3 aromatic rings. The number of carbonyl (C=O) groups is 1. The highest BCUT2D eigenvalue weighted by Crippen LogP contribution is 2.28. The molecule has 0 unspecified atom stereocenters. The third-order valence-corrected chi connectivity index (χ3v) is 5.64. The van der Waals surface area contributed by atoms with Crippen LogP contribution in [0.2, 0.25) is 0 Å². The summed E-state index contributed by atoms with van der Waals surface area (Å²) in [7, 11) is 3.07. The van der Waals surface area contributed by atoms with Crippen molar-refractivity contribution in [1.29, 1.82) is 0 Å². The molecule has 9 heteroatoms. The van der Waals surface area contributed by atoms with Crippen LogP contribution in [0.4, 0.5) is 10.1 Å². The highest BCUT2D eigenvalue weighted by atomic mass is 19.1. The minimum absolute atomic E-state index is 0.171. The molecule has 1 aromatic heterocycles. The summed E-state index contributed by atoms with van der Waals surface area (Å²) >= 11 is 0. The van der Waals surface area contributed by atoms with Crippen LogP contribution < -0.4 is 19.9 Å². The van der Waals surface area contributed by atoms with E-state index < -0.39 is 5.82 Å². The molecule has 33 heavy (non-hydrogen) atoms. The number of benzene rings is 2. The van der Waals surface area contributed by atoms with E-state index in [1.807, 2.05) is 24.3 Å². The van der Waals surface area contributed by atoms with Gasteiger partial charge in [0.25, 0.3) is 5.56 Å². The molecule has 1 fully saturated rings. The molecule has 0 radical (unpaired) electrons. The van der Waals surface area contributed by atoms with E-state index >= 15 is 0 Å². The van der Waals surface area contributed by atoms with E-state index in [2.05, 4.69) is 10.00 Å². The molecule has 1 amide bonds. The van der Waals surface area contributed by atoms with Crippen LogP contribution in [0.5, 0.6) is 11.5 Å². The van der Waals surface area contributed by atoms with E-state index in [9.17, 15) is 14.0 Å². The molecule has 0 aliphatic carbocycles. The third kappa shape index (κ3) is 4.97. The van der Waals surface area contributed by atoms with Crippen molar-refractivity contribution < 1.29 is 18.7 Å². The summed E-state index contributed by atoms with van der Waals surface area (Å²) in [6, 6.07) is 14.8. The molecule has 0 N–H and O–H groups in total. The Hall–Kier alpha value is -3.88. The van der Waals surface area contributed by atoms with Crippen molar-refractivity contribution in [3.63, 3.8) is 0 Å². The van der Waals surface area contributed by atoms with Crippen molar-refractivity contribution in [2.24, 2.45) is 0 Å². The minimum Gasteiger partial charge on any atom is -0.497 e. The second-order valence-corrected chi connectivity index (χ2v) is 7.63. The van der Waals surface area contributed by atoms with Crippen LogP contribution >= 0.6 is 0 Å². The van der Waals surface area contributed by atoms with Gasteiger partial charge in [0.05, 0.1) is 19.9 Å². The smallest absolute Gasteiger partial charge is 0.267 e. The summed E-state index contributed by atoms with van der Waals surface area (Å²) in [6.07, 6.45) is 0. The zero-order chi connectivity index (χ0) is 23.4. The van der Waals surface area contributed by atoms with Gasteiger partial charge in [-0.3, -0.25) is 9.59 Å². The highest BCUT2D eigenvalue weighted by Gasteiger charge is 2.22. The maximum Gasteiger partial charge on any atom is 0.267 e. The van der Waals surface area contributed by atoms with Gasteiger partial charge in [-0.15, -0.1) is 0 Å². The number of piperazine rings is 1. The summed E-state index contributed by atoms with van der Waals surface area (Å²) in [6.45, 7) is 2.25.